The first-order valence-electron chi connectivity index (χ1n) is 7.51. The summed E-state index contributed by atoms with van der Waals surface area (Å²) in [6, 6.07) is 7.95. The maximum atomic E-state index is 12.6. The number of imidazole rings is 1. The fraction of sp³-hybridized carbons (Fsp3) is 0.500. The standard InChI is InChI=1S/C16H23N3O2/c1-3-13(4-2)19(9-10-20)16(21)11-18-12-17-14-7-5-6-8-15(14)18/h5-8,12-13,20H,3-4,9-11H2,1-2H3. The van der Waals surface area contributed by atoms with E-state index < -0.39 is 0 Å². The van der Waals surface area contributed by atoms with Gasteiger partial charge in [-0.3, -0.25) is 4.79 Å². The molecule has 5 heteroatoms. The predicted octanol–water partition coefficient (Wildman–Crippen LogP) is 2.05. The summed E-state index contributed by atoms with van der Waals surface area (Å²) in [5.41, 5.74) is 1.85. The third-order valence-corrected chi connectivity index (χ3v) is 3.88. The molecule has 5 nitrogen and oxygen atoms in total. The molecule has 0 unspecified atom stereocenters. The molecule has 0 bridgehead atoms. The fourth-order valence-corrected chi connectivity index (χ4v) is 2.72. The Hall–Kier alpha value is -1.88. The Bertz CT molecular complexity index is 590. The molecular formula is C16H23N3O2. The summed E-state index contributed by atoms with van der Waals surface area (Å²) >= 11 is 0. The van der Waals surface area contributed by atoms with E-state index in [2.05, 4.69) is 18.8 Å². The van der Waals surface area contributed by atoms with Gasteiger partial charge in [-0.15, -0.1) is 0 Å². The van der Waals surface area contributed by atoms with Crippen molar-refractivity contribution in [3.05, 3.63) is 30.6 Å². The van der Waals surface area contributed by atoms with Crippen molar-refractivity contribution in [2.45, 2.75) is 39.3 Å². The average Bonchev–Trinajstić information content (AvgIpc) is 2.91. The van der Waals surface area contributed by atoms with Crippen LogP contribution in [0.3, 0.4) is 0 Å². The van der Waals surface area contributed by atoms with Gasteiger partial charge in [0.15, 0.2) is 0 Å². The van der Waals surface area contributed by atoms with E-state index in [1.54, 1.807) is 11.2 Å². The first-order valence-corrected chi connectivity index (χ1v) is 7.51. The van der Waals surface area contributed by atoms with Crippen LogP contribution in [0.1, 0.15) is 26.7 Å². The predicted molar refractivity (Wildman–Crippen MR) is 82.9 cm³/mol. The molecule has 21 heavy (non-hydrogen) atoms. The number of amides is 1. The SMILES string of the molecule is CCC(CC)N(CCO)C(=O)Cn1cnc2ccccc21. The highest BCUT2D eigenvalue weighted by Crippen LogP contribution is 2.14. The van der Waals surface area contributed by atoms with E-state index >= 15 is 0 Å². The molecule has 1 aromatic carbocycles. The van der Waals surface area contributed by atoms with Gasteiger partial charge in [0, 0.05) is 12.6 Å². The van der Waals surface area contributed by atoms with Crippen molar-refractivity contribution in [2.75, 3.05) is 13.2 Å². The lowest BCUT2D eigenvalue weighted by Gasteiger charge is -2.30. The van der Waals surface area contributed by atoms with Crippen LogP contribution in [0.5, 0.6) is 0 Å². The second-order valence-electron chi connectivity index (χ2n) is 5.14. The molecule has 2 rings (SSSR count). The molecule has 1 heterocycles. The lowest BCUT2D eigenvalue weighted by molar-refractivity contribution is -0.134. The zero-order valence-electron chi connectivity index (χ0n) is 12.7. The van der Waals surface area contributed by atoms with E-state index in [9.17, 15) is 9.90 Å². The molecule has 1 amide bonds. The molecule has 0 saturated carbocycles. The number of aliphatic hydroxyl groups is 1. The summed E-state index contributed by atoms with van der Waals surface area (Å²) in [7, 11) is 0. The number of aromatic nitrogens is 2. The van der Waals surface area contributed by atoms with Crippen LogP contribution >= 0.6 is 0 Å². The van der Waals surface area contributed by atoms with Crippen molar-refractivity contribution in [1.82, 2.24) is 14.5 Å². The largest absolute Gasteiger partial charge is 0.395 e. The second-order valence-corrected chi connectivity index (χ2v) is 5.14. The zero-order valence-corrected chi connectivity index (χ0v) is 12.7. The smallest absolute Gasteiger partial charge is 0.242 e. The van der Waals surface area contributed by atoms with Crippen molar-refractivity contribution in [1.29, 1.82) is 0 Å². The van der Waals surface area contributed by atoms with Crippen LogP contribution in [0.25, 0.3) is 11.0 Å². The molecule has 0 aliphatic carbocycles. The average molecular weight is 289 g/mol. The summed E-state index contributed by atoms with van der Waals surface area (Å²) in [6.07, 6.45) is 3.49. The number of hydrogen-bond acceptors (Lipinski definition) is 3. The highest BCUT2D eigenvalue weighted by Gasteiger charge is 2.21. The van der Waals surface area contributed by atoms with Gasteiger partial charge in [0.25, 0.3) is 0 Å². The van der Waals surface area contributed by atoms with Crippen LogP contribution in [-0.4, -0.2) is 44.7 Å². The fourth-order valence-electron chi connectivity index (χ4n) is 2.72. The van der Waals surface area contributed by atoms with Crippen molar-refractivity contribution in [2.24, 2.45) is 0 Å². The quantitative estimate of drug-likeness (QED) is 0.848. The third-order valence-electron chi connectivity index (χ3n) is 3.88. The minimum Gasteiger partial charge on any atom is -0.395 e. The summed E-state index contributed by atoms with van der Waals surface area (Å²) < 4.78 is 1.87. The van der Waals surface area contributed by atoms with Gasteiger partial charge in [0.05, 0.1) is 24.0 Å². The molecule has 114 valence electrons. The normalized spacial score (nSPS) is 11.2. The van der Waals surface area contributed by atoms with Crippen molar-refractivity contribution in [3.63, 3.8) is 0 Å². The number of para-hydroxylation sites is 2. The Morgan fingerprint density at radius 3 is 2.71 bits per heavy atom. The number of hydrogen-bond donors (Lipinski definition) is 1. The molecule has 0 aliphatic heterocycles. The number of fused-ring (bicyclic) bond motifs is 1. The van der Waals surface area contributed by atoms with E-state index in [1.165, 1.54) is 0 Å². The first-order chi connectivity index (χ1) is 10.2. The van der Waals surface area contributed by atoms with Gasteiger partial charge >= 0.3 is 0 Å². The number of carbonyl (C=O) groups is 1. The van der Waals surface area contributed by atoms with Crippen LogP contribution in [0.4, 0.5) is 0 Å². The van der Waals surface area contributed by atoms with Crippen molar-refractivity contribution < 1.29 is 9.90 Å². The van der Waals surface area contributed by atoms with E-state index in [0.29, 0.717) is 6.54 Å². The Balaban J connectivity index is 2.18. The number of rotatable bonds is 7. The monoisotopic (exact) mass is 289 g/mol. The molecule has 0 spiro atoms. The highest BCUT2D eigenvalue weighted by atomic mass is 16.3. The molecule has 2 aromatic rings. The van der Waals surface area contributed by atoms with Crippen molar-refractivity contribution in [3.8, 4) is 0 Å². The third kappa shape index (κ3) is 3.42. The van der Waals surface area contributed by atoms with E-state index in [-0.39, 0.29) is 25.1 Å². The second kappa shape index (κ2) is 7.22. The topological polar surface area (TPSA) is 58.4 Å². The Morgan fingerprint density at radius 1 is 1.33 bits per heavy atom. The number of nitrogens with zero attached hydrogens (tertiary/aromatic N) is 3. The summed E-state index contributed by atoms with van der Waals surface area (Å²) in [4.78, 5) is 18.7. The van der Waals surface area contributed by atoms with E-state index in [1.807, 2.05) is 28.8 Å². The minimum absolute atomic E-state index is 0.00703. The van der Waals surface area contributed by atoms with Crippen LogP contribution in [0.15, 0.2) is 30.6 Å². The van der Waals surface area contributed by atoms with E-state index in [0.717, 1.165) is 23.9 Å². The maximum absolute atomic E-state index is 12.6. The lowest BCUT2D eigenvalue weighted by atomic mass is 10.1. The molecule has 1 aromatic heterocycles. The van der Waals surface area contributed by atoms with E-state index in [4.69, 9.17) is 0 Å². The Morgan fingerprint density at radius 2 is 2.05 bits per heavy atom. The zero-order chi connectivity index (χ0) is 15.2. The molecule has 0 saturated heterocycles. The summed E-state index contributed by atoms with van der Waals surface area (Å²) in [5.74, 6) is 0.0286. The number of aliphatic hydroxyl groups excluding tert-OH is 1. The molecule has 1 N–H and O–H groups in total. The Labute approximate surface area is 125 Å². The first kappa shape index (κ1) is 15.5. The summed E-state index contributed by atoms with van der Waals surface area (Å²) in [6.45, 7) is 4.78. The van der Waals surface area contributed by atoms with Crippen LogP contribution in [0.2, 0.25) is 0 Å². The molecule has 0 atom stereocenters. The van der Waals surface area contributed by atoms with Crippen LogP contribution < -0.4 is 0 Å². The lowest BCUT2D eigenvalue weighted by Crippen LogP contribution is -2.43. The number of benzene rings is 1. The van der Waals surface area contributed by atoms with Gasteiger partial charge in [0.1, 0.15) is 6.54 Å². The molecule has 0 fully saturated rings. The minimum atomic E-state index is -0.00703. The molecule has 0 aliphatic rings. The van der Waals surface area contributed by atoms with Gasteiger partial charge < -0.3 is 14.6 Å². The van der Waals surface area contributed by atoms with Crippen LogP contribution in [0, 0.1) is 0 Å². The van der Waals surface area contributed by atoms with Gasteiger partial charge in [-0.1, -0.05) is 26.0 Å². The van der Waals surface area contributed by atoms with Gasteiger partial charge in [-0.05, 0) is 25.0 Å². The molecular weight excluding hydrogens is 266 g/mol. The van der Waals surface area contributed by atoms with Gasteiger partial charge in [-0.2, -0.15) is 0 Å². The molecule has 0 radical (unpaired) electrons. The maximum Gasteiger partial charge on any atom is 0.242 e. The highest BCUT2D eigenvalue weighted by molar-refractivity contribution is 5.80. The Kier molecular flexibility index (Phi) is 5.33. The summed E-state index contributed by atoms with van der Waals surface area (Å²) in [5, 5.41) is 9.21. The van der Waals surface area contributed by atoms with Crippen LogP contribution in [-0.2, 0) is 11.3 Å². The van der Waals surface area contributed by atoms with Crippen molar-refractivity contribution >= 4 is 16.9 Å². The van der Waals surface area contributed by atoms with Gasteiger partial charge in [0.2, 0.25) is 5.91 Å². The number of carbonyl (C=O) groups excluding carboxylic acids is 1. The van der Waals surface area contributed by atoms with Gasteiger partial charge in [-0.25, -0.2) is 4.98 Å².